The maximum atomic E-state index is 11.3. The van der Waals surface area contributed by atoms with Crippen molar-refractivity contribution in [2.24, 2.45) is 0 Å². The molecule has 8 nitrogen and oxygen atoms in total. The Bertz CT molecular complexity index is 1110. The molecule has 0 bridgehead atoms. The molecule has 2 aliphatic rings. The Morgan fingerprint density at radius 3 is 2.79 bits per heavy atom. The average molecular weight is 390 g/mol. The number of hydrogen-bond donors (Lipinski definition) is 1. The zero-order valence-electron chi connectivity index (χ0n) is 15.7. The second-order valence-corrected chi connectivity index (χ2v) is 7.39. The predicted molar refractivity (Wildman–Crippen MR) is 106 cm³/mol. The van der Waals surface area contributed by atoms with Gasteiger partial charge in [-0.15, -0.1) is 0 Å². The van der Waals surface area contributed by atoms with Crippen molar-refractivity contribution in [3.63, 3.8) is 0 Å². The Morgan fingerprint density at radius 1 is 1.21 bits per heavy atom. The highest BCUT2D eigenvalue weighted by Gasteiger charge is 2.52. The summed E-state index contributed by atoms with van der Waals surface area (Å²) >= 11 is 0. The predicted octanol–water partition coefficient (Wildman–Crippen LogP) is 4.65. The van der Waals surface area contributed by atoms with Gasteiger partial charge in [-0.05, 0) is 44.0 Å². The van der Waals surface area contributed by atoms with Crippen LogP contribution in [0.1, 0.15) is 24.0 Å². The van der Waals surface area contributed by atoms with Crippen LogP contribution in [0.5, 0.6) is 17.4 Å². The molecule has 0 atom stereocenters. The van der Waals surface area contributed by atoms with E-state index in [0.717, 1.165) is 29.9 Å². The number of nitro groups is 1. The van der Waals surface area contributed by atoms with E-state index in [9.17, 15) is 10.1 Å². The van der Waals surface area contributed by atoms with Gasteiger partial charge in [-0.2, -0.15) is 0 Å². The highest BCUT2D eigenvalue weighted by Crippen LogP contribution is 2.58. The van der Waals surface area contributed by atoms with Crippen LogP contribution in [0.25, 0.3) is 0 Å². The van der Waals surface area contributed by atoms with Gasteiger partial charge in [-0.25, -0.2) is 9.97 Å². The van der Waals surface area contributed by atoms with Gasteiger partial charge in [0.25, 0.3) is 0 Å². The molecule has 1 N–H and O–H groups in total. The summed E-state index contributed by atoms with van der Waals surface area (Å²) in [5, 5.41) is 14.3. The van der Waals surface area contributed by atoms with Crippen LogP contribution >= 0.6 is 0 Å². The molecule has 1 aromatic carbocycles. The van der Waals surface area contributed by atoms with Gasteiger partial charge in [0.2, 0.25) is 11.7 Å². The number of nitrogens with one attached hydrogen (secondary N) is 1. The fourth-order valence-electron chi connectivity index (χ4n) is 3.71. The summed E-state index contributed by atoms with van der Waals surface area (Å²) in [6.45, 7) is 2.39. The Kier molecular flexibility index (Phi) is 3.87. The van der Waals surface area contributed by atoms with Crippen LogP contribution in [-0.2, 0) is 5.41 Å². The molecule has 146 valence electrons. The van der Waals surface area contributed by atoms with E-state index in [1.165, 1.54) is 6.20 Å². The van der Waals surface area contributed by atoms with Crippen molar-refractivity contribution < 1.29 is 14.4 Å². The van der Waals surface area contributed by atoms with Crippen molar-refractivity contribution in [2.75, 3.05) is 11.9 Å². The second kappa shape index (κ2) is 6.44. The Balaban J connectivity index is 1.37. The molecule has 1 aliphatic carbocycles. The van der Waals surface area contributed by atoms with Crippen LogP contribution < -0.4 is 14.8 Å². The molecule has 1 aliphatic heterocycles. The fraction of sp³-hybridized carbons (Fsp3) is 0.238. The van der Waals surface area contributed by atoms with Gasteiger partial charge in [0, 0.05) is 28.8 Å². The maximum absolute atomic E-state index is 11.3. The normalized spacial score (nSPS) is 15.5. The van der Waals surface area contributed by atoms with Crippen molar-refractivity contribution in [1.82, 2.24) is 9.97 Å². The third-order valence-electron chi connectivity index (χ3n) is 5.40. The number of fused-ring (bicyclic) bond motifs is 2. The number of benzene rings is 1. The topological polar surface area (TPSA) is 99.4 Å². The Hall–Kier alpha value is -3.68. The first-order chi connectivity index (χ1) is 14.1. The molecule has 2 aromatic heterocycles. The standard InChI is InChI=1S/C21H18N4O4/c1-13-7-10-22-20(19(13)25(26)27)24-14-5-6-17(23-11-14)29-16-4-2-3-15-18(16)21(8-9-21)12-28-15/h2-7,10-11H,8-9,12H2,1H3,(H,22,24). The minimum atomic E-state index is -0.443. The number of hydrogen-bond acceptors (Lipinski definition) is 7. The summed E-state index contributed by atoms with van der Waals surface area (Å²) < 4.78 is 11.8. The smallest absolute Gasteiger partial charge is 0.314 e. The lowest BCUT2D eigenvalue weighted by molar-refractivity contribution is -0.384. The third-order valence-corrected chi connectivity index (χ3v) is 5.40. The van der Waals surface area contributed by atoms with E-state index in [0.29, 0.717) is 23.7 Å². The Morgan fingerprint density at radius 2 is 2.07 bits per heavy atom. The van der Waals surface area contributed by atoms with Gasteiger partial charge in [0.05, 0.1) is 23.4 Å². The summed E-state index contributed by atoms with van der Waals surface area (Å²) in [7, 11) is 0. The van der Waals surface area contributed by atoms with E-state index in [4.69, 9.17) is 9.47 Å². The molecule has 1 spiro atoms. The first-order valence-corrected chi connectivity index (χ1v) is 9.33. The molecular formula is C21H18N4O4. The molecule has 3 aromatic rings. The summed E-state index contributed by atoms with van der Waals surface area (Å²) in [6, 6.07) is 10.9. The van der Waals surface area contributed by atoms with Crippen LogP contribution in [-0.4, -0.2) is 21.5 Å². The number of anilines is 2. The van der Waals surface area contributed by atoms with E-state index in [-0.39, 0.29) is 16.9 Å². The minimum absolute atomic E-state index is 0.0533. The molecule has 5 rings (SSSR count). The van der Waals surface area contributed by atoms with Crippen molar-refractivity contribution in [2.45, 2.75) is 25.2 Å². The third kappa shape index (κ3) is 3.02. The van der Waals surface area contributed by atoms with Crippen LogP contribution in [0, 0.1) is 17.0 Å². The first kappa shape index (κ1) is 17.4. The quantitative estimate of drug-likeness (QED) is 0.500. The number of rotatable bonds is 5. The maximum Gasteiger partial charge on any atom is 0.314 e. The second-order valence-electron chi connectivity index (χ2n) is 7.39. The molecule has 1 saturated carbocycles. The fourth-order valence-corrected chi connectivity index (χ4v) is 3.71. The SMILES string of the molecule is Cc1ccnc(Nc2ccc(Oc3cccc4c3C3(CC3)CO4)nc2)c1[N+](=O)[O-]. The van der Waals surface area contributed by atoms with E-state index < -0.39 is 4.92 Å². The van der Waals surface area contributed by atoms with Gasteiger partial charge in [0.1, 0.15) is 11.5 Å². The molecule has 1 fully saturated rings. The number of pyridine rings is 2. The summed E-state index contributed by atoms with van der Waals surface area (Å²) in [4.78, 5) is 19.3. The van der Waals surface area contributed by atoms with Gasteiger partial charge < -0.3 is 14.8 Å². The molecule has 0 saturated heterocycles. The summed E-state index contributed by atoms with van der Waals surface area (Å²) in [5.41, 5.74) is 2.29. The zero-order valence-corrected chi connectivity index (χ0v) is 15.7. The Labute approximate surface area is 166 Å². The van der Waals surface area contributed by atoms with Gasteiger partial charge in [0.15, 0.2) is 0 Å². The van der Waals surface area contributed by atoms with Crippen molar-refractivity contribution in [3.05, 3.63) is 70.0 Å². The van der Waals surface area contributed by atoms with Crippen molar-refractivity contribution in [3.8, 4) is 17.4 Å². The number of aryl methyl sites for hydroxylation is 1. The largest absolute Gasteiger partial charge is 0.492 e. The molecule has 8 heteroatoms. The van der Waals surface area contributed by atoms with E-state index in [1.807, 2.05) is 18.2 Å². The van der Waals surface area contributed by atoms with Crippen LogP contribution in [0.3, 0.4) is 0 Å². The van der Waals surface area contributed by atoms with E-state index in [1.54, 1.807) is 31.3 Å². The summed E-state index contributed by atoms with van der Waals surface area (Å²) in [5.74, 6) is 2.27. The summed E-state index contributed by atoms with van der Waals surface area (Å²) in [6.07, 6.45) is 5.31. The molecule has 3 heterocycles. The van der Waals surface area contributed by atoms with Gasteiger partial charge in [-0.3, -0.25) is 10.1 Å². The van der Waals surface area contributed by atoms with Gasteiger partial charge >= 0.3 is 5.69 Å². The zero-order chi connectivity index (χ0) is 20.0. The van der Waals surface area contributed by atoms with Crippen LogP contribution in [0.2, 0.25) is 0 Å². The molecule has 0 radical (unpaired) electrons. The van der Waals surface area contributed by atoms with Crippen molar-refractivity contribution in [1.29, 1.82) is 0 Å². The molecule has 29 heavy (non-hydrogen) atoms. The van der Waals surface area contributed by atoms with Gasteiger partial charge in [-0.1, -0.05) is 6.07 Å². The molecule has 0 amide bonds. The van der Waals surface area contributed by atoms with Crippen LogP contribution in [0.4, 0.5) is 17.2 Å². The lowest BCUT2D eigenvalue weighted by atomic mass is 9.97. The highest BCUT2D eigenvalue weighted by atomic mass is 16.6. The number of ether oxygens (including phenoxy) is 2. The minimum Gasteiger partial charge on any atom is -0.492 e. The first-order valence-electron chi connectivity index (χ1n) is 9.33. The highest BCUT2D eigenvalue weighted by molar-refractivity contribution is 5.67. The molecular weight excluding hydrogens is 372 g/mol. The average Bonchev–Trinajstić information content (AvgIpc) is 3.38. The lowest BCUT2D eigenvalue weighted by Gasteiger charge is -2.12. The van der Waals surface area contributed by atoms with Crippen molar-refractivity contribution >= 4 is 17.2 Å². The van der Waals surface area contributed by atoms with E-state index in [2.05, 4.69) is 15.3 Å². The number of aromatic nitrogens is 2. The van der Waals surface area contributed by atoms with E-state index >= 15 is 0 Å². The lowest BCUT2D eigenvalue weighted by Crippen LogP contribution is -2.08. The molecule has 0 unspecified atom stereocenters. The monoisotopic (exact) mass is 390 g/mol. The van der Waals surface area contributed by atoms with Crippen LogP contribution in [0.15, 0.2) is 48.8 Å². The number of nitrogens with zero attached hydrogens (tertiary/aromatic N) is 3.